The number of rotatable bonds is 8. The van der Waals surface area contributed by atoms with Gasteiger partial charge in [-0.05, 0) is 19.8 Å². The van der Waals surface area contributed by atoms with Crippen molar-refractivity contribution in [3.8, 4) is 0 Å². The van der Waals surface area contributed by atoms with E-state index in [9.17, 15) is 0 Å². The van der Waals surface area contributed by atoms with Crippen LogP contribution in [0.4, 0.5) is 0 Å². The molecule has 0 radical (unpaired) electrons. The van der Waals surface area contributed by atoms with Gasteiger partial charge in [0.05, 0.1) is 18.3 Å². The Morgan fingerprint density at radius 1 is 1.21 bits per heavy atom. The molecule has 1 aromatic rings. The third-order valence-corrected chi connectivity index (χ3v) is 3.44. The lowest BCUT2D eigenvalue weighted by molar-refractivity contribution is 0.0989. The molecule has 0 bridgehead atoms. The molecule has 4 heteroatoms. The van der Waals surface area contributed by atoms with Crippen molar-refractivity contribution >= 4 is 0 Å². The van der Waals surface area contributed by atoms with E-state index in [-0.39, 0.29) is 6.10 Å². The van der Waals surface area contributed by atoms with E-state index in [0.29, 0.717) is 6.04 Å². The molecule has 1 N–H and O–H groups in total. The summed E-state index contributed by atoms with van der Waals surface area (Å²) in [6, 6.07) is 0.496. The first-order valence-corrected chi connectivity index (χ1v) is 7.36. The van der Waals surface area contributed by atoms with Gasteiger partial charge in [0, 0.05) is 31.0 Å². The summed E-state index contributed by atoms with van der Waals surface area (Å²) >= 11 is 0. The first-order valence-electron chi connectivity index (χ1n) is 7.36. The van der Waals surface area contributed by atoms with Crippen LogP contribution in [-0.2, 0) is 30.7 Å². The van der Waals surface area contributed by atoms with Crippen LogP contribution >= 0.6 is 0 Å². The minimum atomic E-state index is 0.195. The summed E-state index contributed by atoms with van der Waals surface area (Å²) in [7, 11) is 1.75. The summed E-state index contributed by atoms with van der Waals surface area (Å²) in [5.74, 6) is 0. The normalized spacial score (nSPS) is 13.2. The van der Waals surface area contributed by atoms with Gasteiger partial charge < -0.3 is 10.1 Å². The van der Waals surface area contributed by atoms with Gasteiger partial charge in [0.25, 0.3) is 0 Å². The SMILES string of the molecule is CCc1nn(CC(C)OC)c(CC)c1CNC(C)C. The van der Waals surface area contributed by atoms with Gasteiger partial charge in [-0.2, -0.15) is 5.10 Å². The van der Waals surface area contributed by atoms with E-state index >= 15 is 0 Å². The minimum Gasteiger partial charge on any atom is -0.380 e. The van der Waals surface area contributed by atoms with Crippen molar-refractivity contribution in [2.24, 2.45) is 0 Å². The average Bonchev–Trinajstić information content (AvgIpc) is 2.72. The molecule has 0 aliphatic rings. The Kier molecular flexibility index (Phi) is 6.52. The molecule has 0 aromatic carbocycles. The van der Waals surface area contributed by atoms with Crippen LogP contribution in [0.2, 0.25) is 0 Å². The van der Waals surface area contributed by atoms with Crippen LogP contribution in [0.15, 0.2) is 0 Å². The molecule has 110 valence electrons. The fraction of sp³-hybridized carbons (Fsp3) is 0.800. The average molecular weight is 267 g/mol. The highest BCUT2D eigenvalue weighted by atomic mass is 16.5. The van der Waals surface area contributed by atoms with E-state index in [2.05, 4.69) is 44.6 Å². The molecule has 1 atom stereocenters. The van der Waals surface area contributed by atoms with Gasteiger partial charge in [-0.1, -0.05) is 27.7 Å². The Bertz CT molecular complexity index is 385. The maximum atomic E-state index is 5.36. The van der Waals surface area contributed by atoms with E-state index in [1.54, 1.807) is 7.11 Å². The highest BCUT2D eigenvalue weighted by molar-refractivity contribution is 5.27. The van der Waals surface area contributed by atoms with Crippen molar-refractivity contribution in [2.75, 3.05) is 7.11 Å². The fourth-order valence-corrected chi connectivity index (χ4v) is 2.25. The molecule has 0 fully saturated rings. The maximum absolute atomic E-state index is 5.36. The van der Waals surface area contributed by atoms with Gasteiger partial charge in [-0.25, -0.2) is 0 Å². The molecule has 0 amide bonds. The van der Waals surface area contributed by atoms with Gasteiger partial charge in [-0.15, -0.1) is 0 Å². The topological polar surface area (TPSA) is 39.1 Å². The Hall–Kier alpha value is -0.870. The van der Waals surface area contributed by atoms with Gasteiger partial charge >= 0.3 is 0 Å². The number of aryl methyl sites for hydroxylation is 1. The van der Waals surface area contributed by atoms with Gasteiger partial charge in [-0.3, -0.25) is 4.68 Å². The minimum absolute atomic E-state index is 0.195. The van der Waals surface area contributed by atoms with E-state index < -0.39 is 0 Å². The molecule has 1 rings (SSSR count). The van der Waals surface area contributed by atoms with Crippen LogP contribution in [0.3, 0.4) is 0 Å². The third kappa shape index (κ3) is 4.32. The maximum Gasteiger partial charge on any atom is 0.0739 e. The molecule has 1 heterocycles. The number of ether oxygens (including phenoxy) is 1. The second-order valence-corrected chi connectivity index (χ2v) is 5.34. The van der Waals surface area contributed by atoms with E-state index in [4.69, 9.17) is 9.84 Å². The smallest absolute Gasteiger partial charge is 0.0739 e. The highest BCUT2D eigenvalue weighted by Gasteiger charge is 2.16. The lowest BCUT2D eigenvalue weighted by atomic mass is 10.1. The van der Waals surface area contributed by atoms with Crippen molar-refractivity contribution in [1.82, 2.24) is 15.1 Å². The monoisotopic (exact) mass is 267 g/mol. The number of hydrogen-bond donors (Lipinski definition) is 1. The predicted octanol–water partition coefficient (Wildman–Crippen LogP) is 2.54. The van der Waals surface area contributed by atoms with Gasteiger partial charge in [0.15, 0.2) is 0 Å². The molecule has 0 spiro atoms. The predicted molar refractivity (Wildman–Crippen MR) is 79.4 cm³/mol. The van der Waals surface area contributed by atoms with Crippen LogP contribution in [0.1, 0.15) is 51.6 Å². The zero-order valence-corrected chi connectivity index (χ0v) is 13.3. The fourth-order valence-electron chi connectivity index (χ4n) is 2.25. The van der Waals surface area contributed by atoms with Crippen LogP contribution < -0.4 is 5.32 Å². The van der Waals surface area contributed by atoms with Gasteiger partial charge in [0.1, 0.15) is 0 Å². The number of nitrogens with one attached hydrogen (secondary N) is 1. The lowest BCUT2D eigenvalue weighted by Gasteiger charge is -2.13. The standard InChI is InChI=1S/C15H29N3O/c1-7-14-13(9-16-11(3)4)15(8-2)18(17-14)10-12(5)19-6/h11-12,16H,7-10H2,1-6H3. The van der Waals surface area contributed by atoms with E-state index in [1.807, 2.05) is 0 Å². The third-order valence-electron chi connectivity index (χ3n) is 3.44. The van der Waals surface area contributed by atoms with Crippen LogP contribution in [-0.4, -0.2) is 29.0 Å². The molecule has 0 aliphatic carbocycles. The molecular weight excluding hydrogens is 238 g/mol. The van der Waals surface area contributed by atoms with E-state index in [1.165, 1.54) is 17.0 Å². The van der Waals surface area contributed by atoms with Crippen molar-refractivity contribution in [3.63, 3.8) is 0 Å². The first kappa shape index (κ1) is 16.2. The van der Waals surface area contributed by atoms with E-state index in [0.717, 1.165) is 25.9 Å². The molecule has 19 heavy (non-hydrogen) atoms. The Balaban J connectivity index is 2.99. The summed E-state index contributed by atoms with van der Waals surface area (Å²) < 4.78 is 7.49. The van der Waals surface area contributed by atoms with Crippen molar-refractivity contribution < 1.29 is 4.74 Å². The van der Waals surface area contributed by atoms with Gasteiger partial charge in [0.2, 0.25) is 0 Å². The first-order chi connectivity index (χ1) is 9.03. The summed E-state index contributed by atoms with van der Waals surface area (Å²) in [5, 5.41) is 8.27. The lowest BCUT2D eigenvalue weighted by Crippen LogP contribution is -2.23. The Morgan fingerprint density at radius 2 is 1.89 bits per heavy atom. The Morgan fingerprint density at radius 3 is 2.37 bits per heavy atom. The van der Waals surface area contributed by atoms with Crippen molar-refractivity contribution in [1.29, 1.82) is 0 Å². The zero-order chi connectivity index (χ0) is 14.4. The zero-order valence-electron chi connectivity index (χ0n) is 13.3. The Labute approximate surface area is 117 Å². The molecule has 4 nitrogen and oxygen atoms in total. The molecule has 0 saturated heterocycles. The van der Waals surface area contributed by atoms with Crippen LogP contribution in [0.25, 0.3) is 0 Å². The summed E-state index contributed by atoms with van der Waals surface area (Å²) in [6.07, 6.45) is 2.19. The quantitative estimate of drug-likeness (QED) is 0.786. The number of hydrogen-bond acceptors (Lipinski definition) is 3. The van der Waals surface area contributed by atoms with Crippen LogP contribution in [0.5, 0.6) is 0 Å². The molecule has 1 unspecified atom stereocenters. The summed E-state index contributed by atoms with van der Waals surface area (Å²) in [5.41, 5.74) is 3.93. The van der Waals surface area contributed by atoms with Crippen LogP contribution in [0, 0.1) is 0 Å². The second-order valence-electron chi connectivity index (χ2n) is 5.34. The summed E-state index contributed by atoms with van der Waals surface area (Å²) in [4.78, 5) is 0. The highest BCUT2D eigenvalue weighted by Crippen LogP contribution is 2.17. The largest absolute Gasteiger partial charge is 0.380 e. The molecular formula is C15H29N3O. The van der Waals surface area contributed by atoms with Crippen molar-refractivity contribution in [2.45, 2.75) is 72.7 Å². The number of methoxy groups -OCH3 is 1. The second kappa shape index (κ2) is 7.65. The summed E-state index contributed by atoms with van der Waals surface area (Å²) in [6.45, 7) is 12.5. The number of nitrogens with zero attached hydrogens (tertiary/aromatic N) is 2. The molecule has 0 saturated carbocycles. The molecule has 0 aliphatic heterocycles. The number of aromatic nitrogens is 2. The van der Waals surface area contributed by atoms with Crippen molar-refractivity contribution in [3.05, 3.63) is 17.0 Å². The molecule has 1 aromatic heterocycles.